The number of phenols is 1. The monoisotopic (exact) mass is 417 g/mol. The van der Waals surface area contributed by atoms with Gasteiger partial charge in [-0.25, -0.2) is 0 Å². The van der Waals surface area contributed by atoms with E-state index < -0.39 is 6.09 Å². The average Bonchev–Trinajstić information content (AvgIpc) is 3.01. The van der Waals surface area contributed by atoms with Crippen molar-refractivity contribution >= 4 is 28.7 Å². The van der Waals surface area contributed by atoms with Crippen LogP contribution in [0, 0.1) is 9.49 Å². The summed E-state index contributed by atoms with van der Waals surface area (Å²) < 4.78 is 0.989. The van der Waals surface area contributed by atoms with Crippen LogP contribution in [0.2, 0.25) is 0 Å². The second-order valence-electron chi connectivity index (χ2n) is 5.69. The predicted octanol–water partition coefficient (Wildman–Crippen LogP) is 1.75. The maximum absolute atomic E-state index is 9.83. The first-order valence-corrected chi connectivity index (χ1v) is 8.75. The summed E-state index contributed by atoms with van der Waals surface area (Å²) in [6.07, 6.45) is -0.00559. The fraction of sp³-hybridized carbons (Fsp3) is 0.562. The van der Waals surface area contributed by atoms with Gasteiger partial charge in [0.1, 0.15) is 11.8 Å². The number of rotatable bonds is 2. The van der Waals surface area contributed by atoms with Gasteiger partial charge >= 0.3 is 0 Å². The van der Waals surface area contributed by atoms with Gasteiger partial charge in [-0.1, -0.05) is 6.92 Å². The van der Waals surface area contributed by atoms with Crippen molar-refractivity contribution in [1.29, 1.82) is 0 Å². The van der Waals surface area contributed by atoms with E-state index in [1.807, 2.05) is 11.4 Å². The molecule has 1 heterocycles. The quantitative estimate of drug-likeness (QED) is 0.641. The molecule has 3 unspecified atom stereocenters. The minimum Gasteiger partial charge on any atom is -0.530 e. The number of halogens is 1. The van der Waals surface area contributed by atoms with E-state index in [4.69, 9.17) is 0 Å². The Labute approximate surface area is 144 Å². The molecule has 1 amide bonds. The van der Waals surface area contributed by atoms with Gasteiger partial charge in [-0.15, -0.1) is 0 Å². The largest absolute Gasteiger partial charge is 0.530 e. The van der Waals surface area contributed by atoms with E-state index in [0.717, 1.165) is 22.6 Å². The van der Waals surface area contributed by atoms with Crippen molar-refractivity contribution < 1.29 is 15.0 Å². The second kappa shape index (κ2) is 7.50. The summed E-state index contributed by atoms with van der Waals surface area (Å²) in [5, 5.41) is 24.7. The Morgan fingerprint density at radius 3 is 2.68 bits per heavy atom. The molecule has 0 radical (unpaired) electrons. The number of phenolic OH excluding ortho intramolecular Hbond substituents is 1. The fourth-order valence-electron chi connectivity index (χ4n) is 3.60. The zero-order valence-corrected chi connectivity index (χ0v) is 15.0. The number of nitrogens with one attached hydrogen (secondary N) is 2. The van der Waals surface area contributed by atoms with Crippen molar-refractivity contribution in [3.63, 3.8) is 0 Å². The van der Waals surface area contributed by atoms with Crippen LogP contribution in [0.1, 0.15) is 43.2 Å². The van der Waals surface area contributed by atoms with Crippen LogP contribution in [0.4, 0.5) is 4.79 Å². The molecule has 1 aromatic rings. The van der Waals surface area contributed by atoms with E-state index in [1.165, 1.54) is 17.5 Å². The average molecular weight is 417 g/mol. The number of carbonyl (C=O) groups is 1. The summed E-state index contributed by atoms with van der Waals surface area (Å²) in [6, 6.07) is 4.19. The molecule has 2 aliphatic rings. The van der Waals surface area contributed by atoms with E-state index in [1.54, 1.807) is 6.92 Å². The highest BCUT2D eigenvalue weighted by Crippen LogP contribution is 2.51. The Balaban J connectivity index is 0.000000254. The molecule has 3 N–H and O–H groups in total. The lowest BCUT2D eigenvalue weighted by Crippen LogP contribution is -2.35. The van der Waals surface area contributed by atoms with Crippen LogP contribution in [-0.4, -0.2) is 30.8 Å². The van der Waals surface area contributed by atoms with Gasteiger partial charge in [-0.05, 0) is 77.6 Å². The third kappa shape index (κ3) is 3.48. The molecular formula is C16H22IN2O3-. The summed E-state index contributed by atoms with van der Waals surface area (Å²) in [4.78, 5) is 9.38. The highest BCUT2D eigenvalue weighted by Gasteiger charge is 2.42. The first kappa shape index (κ1) is 17.3. The molecule has 122 valence electrons. The Kier molecular flexibility index (Phi) is 5.91. The van der Waals surface area contributed by atoms with Crippen LogP contribution in [0.25, 0.3) is 0 Å². The number of fused-ring (bicyclic) bond motifs is 3. The fourth-order valence-corrected chi connectivity index (χ4v) is 4.09. The van der Waals surface area contributed by atoms with Crippen molar-refractivity contribution in [2.45, 2.75) is 32.1 Å². The lowest BCUT2D eigenvalue weighted by molar-refractivity contribution is -0.250. The van der Waals surface area contributed by atoms with Gasteiger partial charge in [-0.2, -0.15) is 0 Å². The number of benzene rings is 1. The molecule has 1 aromatic carbocycles. The first-order valence-electron chi connectivity index (χ1n) is 7.67. The smallest absolute Gasteiger partial charge is 0.134 e. The van der Waals surface area contributed by atoms with Gasteiger partial charge in [0.15, 0.2) is 0 Å². The number of aromatic hydroxyl groups is 1. The van der Waals surface area contributed by atoms with Crippen molar-refractivity contribution in [3.8, 4) is 5.75 Å². The maximum Gasteiger partial charge on any atom is 0.134 e. The van der Waals surface area contributed by atoms with Crippen LogP contribution in [0.3, 0.4) is 0 Å². The molecule has 0 aromatic heterocycles. The van der Waals surface area contributed by atoms with Crippen LogP contribution >= 0.6 is 22.6 Å². The molecular weight excluding hydrogens is 395 g/mol. The van der Waals surface area contributed by atoms with Gasteiger partial charge in [0, 0.05) is 19.0 Å². The molecule has 3 atom stereocenters. The SMILES string of the molecule is CCC1c2cc(I)c(O)cc2C2CNCC12.CCNC(=O)[O-]. The predicted molar refractivity (Wildman–Crippen MR) is 92.0 cm³/mol. The number of amides is 1. The van der Waals surface area contributed by atoms with Gasteiger partial charge in [0.05, 0.1) is 3.57 Å². The molecule has 0 spiro atoms. The van der Waals surface area contributed by atoms with Crippen LogP contribution < -0.4 is 15.7 Å². The molecule has 1 fully saturated rings. The standard InChI is InChI=1S/C13H16INO.C3H7NO2/c1-2-7-8-3-12(14)13(16)4-9(8)11-6-15-5-10(7)11;1-2-4-3(5)6/h3-4,7,10-11,15-16H,2,5-6H2,1H3;4H,2H2,1H3,(H,5,6)/p-1. The number of carboxylic acid groups (broad SMARTS) is 1. The van der Waals surface area contributed by atoms with Crippen LogP contribution in [-0.2, 0) is 0 Å². The van der Waals surface area contributed by atoms with E-state index in [2.05, 4.69) is 40.9 Å². The van der Waals surface area contributed by atoms with Gasteiger partial charge < -0.3 is 25.6 Å². The lowest BCUT2D eigenvalue weighted by Gasteiger charge is -2.16. The van der Waals surface area contributed by atoms with E-state index in [0.29, 0.717) is 24.1 Å². The first-order chi connectivity index (χ1) is 10.5. The van der Waals surface area contributed by atoms with Gasteiger partial charge in [-0.3, -0.25) is 0 Å². The third-order valence-electron chi connectivity index (χ3n) is 4.49. The van der Waals surface area contributed by atoms with E-state index in [-0.39, 0.29) is 0 Å². The van der Waals surface area contributed by atoms with E-state index in [9.17, 15) is 15.0 Å². The molecule has 5 nitrogen and oxygen atoms in total. The second-order valence-corrected chi connectivity index (χ2v) is 6.86. The molecule has 1 aliphatic carbocycles. The third-order valence-corrected chi connectivity index (χ3v) is 5.35. The van der Waals surface area contributed by atoms with Gasteiger partial charge in [0.2, 0.25) is 0 Å². The topological polar surface area (TPSA) is 84.4 Å². The normalized spacial score (nSPS) is 25.0. The Morgan fingerprint density at radius 1 is 1.41 bits per heavy atom. The molecule has 1 saturated heterocycles. The van der Waals surface area contributed by atoms with E-state index >= 15 is 0 Å². The molecule has 1 aliphatic heterocycles. The maximum atomic E-state index is 9.83. The summed E-state index contributed by atoms with van der Waals surface area (Å²) >= 11 is 2.22. The minimum absolute atomic E-state index is 0.419. The van der Waals surface area contributed by atoms with Crippen LogP contribution in [0.15, 0.2) is 12.1 Å². The molecule has 22 heavy (non-hydrogen) atoms. The van der Waals surface area contributed by atoms with Crippen LogP contribution in [0.5, 0.6) is 5.75 Å². The number of hydrogen-bond donors (Lipinski definition) is 3. The highest BCUT2D eigenvalue weighted by molar-refractivity contribution is 14.1. The summed E-state index contributed by atoms with van der Waals surface area (Å²) in [5.74, 6) is 2.51. The highest BCUT2D eigenvalue weighted by atomic mass is 127. The lowest BCUT2D eigenvalue weighted by atomic mass is 9.88. The Bertz CT molecular complexity index is 529. The molecule has 0 saturated carbocycles. The minimum atomic E-state index is -1.21. The molecule has 6 heteroatoms. The number of hydrogen-bond acceptors (Lipinski definition) is 4. The zero-order chi connectivity index (χ0) is 16.3. The van der Waals surface area contributed by atoms with Crippen molar-refractivity contribution in [2.75, 3.05) is 19.6 Å². The van der Waals surface area contributed by atoms with Gasteiger partial charge in [0.25, 0.3) is 0 Å². The Morgan fingerprint density at radius 2 is 2.14 bits per heavy atom. The Hall–Kier alpha value is -1.02. The number of carbonyl (C=O) groups excluding carboxylic acids is 1. The molecule has 0 bridgehead atoms. The van der Waals surface area contributed by atoms with Crippen molar-refractivity contribution in [3.05, 3.63) is 26.8 Å². The summed E-state index contributed by atoms with van der Waals surface area (Å²) in [6.45, 7) is 6.59. The zero-order valence-electron chi connectivity index (χ0n) is 12.9. The molecule has 3 rings (SSSR count). The summed E-state index contributed by atoms with van der Waals surface area (Å²) in [7, 11) is 0. The summed E-state index contributed by atoms with van der Waals surface area (Å²) in [5.41, 5.74) is 2.88. The van der Waals surface area contributed by atoms with Crippen molar-refractivity contribution in [1.82, 2.24) is 10.6 Å². The van der Waals surface area contributed by atoms with Crippen molar-refractivity contribution in [2.24, 2.45) is 5.92 Å².